The van der Waals surface area contributed by atoms with E-state index >= 15 is 0 Å². The molecule has 0 spiro atoms. The number of carbonyl (C=O) groups is 2. The molecule has 26 heavy (non-hydrogen) atoms. The Balaban J connectivity index is 1.57. The van der Waals surface area contributed by atoms with Crippen molar-refractivity contribution >= 4 is 23.2 Å². The Hall–Kier alpha value is -2.86. The highest BCUT2D eigenvalue weighted by atomic mass is 16.5. The minimum absolute atomic E-state index is 0.0378. The minimum atomic E-state index is -0.0941. The van der Waals surface area contributed by atoms with Crippen LogP contribution in [0.1, 0.15) is 22.3 Å². The van der Waals surface area contributed by atoms with Gasteiger partial charge in [-0.2, -0.15) is 0 Å². The number of rotatable bonds is 5. The van der Waals surface area contributed by atoms with Crippen LogP contribution in [0.25, 0.3) is 0 Å². The summed E-state index contributed by atoms with van der Waals surface area (Å²) in [6, 6.07) is 14.6. The van der Waals surface area contributed by atoms with Crippen LogP contribution in [-0.4, -0.2) is 43.0 Å². The van der Waals surface area contributed by atoms with Crippen molar-refractivity contribution in [1.82, 2.24) is 4.90 Å². The molecule has 2 aromatic carbocycles. The fourth-order valence-corrected chi connectivity index (χ4v) is 2.91. The molecule has 3 N–H and O–H groups in total. The van der Waals surface area contributed by atoms with Crippen molar-refractivity contribution in [1.29, 1.82) is 0 Å². The molecule has 0 unspecified atom stereocenters. The lowest BCUT2D eigenvalue weighted by Crippen LogP contribution is -2.40. The predicted molar refractivity (Wildman–Crippen MR) is 101 cm³/mol. The van der Waals surface area contributed by atoms with Crippen LogP contribution >= 0.6 is 0 Å². The van der Waals surface area contributed by atoms with Crippen LogP contribution in [0.3, 0.4) is 0 Å². The summed E-state index contributed by atoms with van der Waals surface area (Å²) in [6.45, 7) is 2.31. The fraction of sp³-hybridized carbons (Fsp3) is 0.300. The molecule has 6 heteroatoms. The van der Waals surface area contributed by atoms with Gasteiger partial charge >= 0.3 is 0 Å². The molecule has 0 saturated carbocycles. The maximum absolute atomic E-state index is 12.5. The Morgan fingerprint density at radius 2 is 1.85 bits per heavy atom. The summed E-state index contributed by atoms with van der Waals surface area (Å²) in [5.74, 6) is -0.132. The van der Waals surface area contributed by atoms with Crippen molar-refractivity contribution in [3.8, 4) is 0 Å². The topological polar surface area (TPSA) is 84.7 Å². The zero-order chi connectivity index (χ0) is 18.4. The predicted octanol–water partition coefficient (Wildman–Crippen LogP) is 2.31. The third-order valence-corrected chi connectivity index (χ3v) is 4.28. The first-order chi connectivity index (χ1) is 12.6. The number of morpholine rings is 1. The highest BCUT2D eigenvalue weighted by Crippen LogP contribution is 2.15. The number of benzene rings is 2. The van der Waals surface area contributed by atoms with E-state index < -0.39 is 0 Å². The van der Waals surface area contributed by atoms with E-state index in [1.807, 2.05) is 24.3 Å². The number of amides is 2. The second kappa shape index (κ2) is 8.49. The van der Waals surface area contributed by atoms with E-state index in [4.69, 9.17) is 10.5 Å². The second-order valence-corrected chi connectivity index (χ2v) is 6.28. The van der Waals surface area contributed by atoms with Gasteiger partial charge in [-0.3, -0.25) is 9.59 Å². The monoisotopic (exact) mass is 353 g/mol. The van der Waals surface area contributed by atoms with Gasteiger partial charge < -0.3 is 20.7 Å². The summed E-state index contributed by atoms with van der Waals surface area (Å²) in [5, 5.41) is 2.86. The largest absolute Gasteiger partial charge is 0.399 e. The molecule has 0 radical (unpaired) electrons. The van der Waals surface area contributed by atoms with E-state index in [9.17, 15) is 9.59 Å². The molecule has 6 nitrogen and oxygen atoms in total. The number of hydrogen-bond acceptors (Lipinski definition) is 4. The summed E-state index contributed by atoms with van der Waals surface area (Å²) in [7, 11) is 0. The maximum atomic E-state index is 12.5. The molecule has 0 bridgehead atoms. The lowest BCUT2D eigenvalue weighted by molar-refractivity contribution is -0.116. The van der Waals surface area contributed by atoms with E-state index in [-0.39, 0.29) is 11.8 Å². The number of carbonyl (C=O) groups excluding carboxylic acids is 2. The van der Waals surface area contributed by atoms with Crippen molar-refractivity contribution in [3.05, 3.63) is 59.7 Å². The molecule has 0 atom stereocenters. The average Bonchev–Trinajstić information content (AvgIpc) is 2.67. The fourth-order valence-electron chi connectivity index (χ4n) is 2.91. The van der Waals surface area contributed by atoms with Crippen LogP contribution in [0, 0.1) is 0 Å². The summed E-state index contributed by atoms with van der Waals surface area (Å²) < 4.78 is 5.27. The van der Waals surface area contributed by atoms with Crippen LogP contribution in [0.5, 0.6) is 0 Å². The van der Waals surface area contributed by atoms with Gasteiger partial charge in [0, 0.05) is 36.4 Å². The Morgan fingerprint density at radius 1 is 1.08 bits per heavy atom. The van der Waals surface area contributed by atoms with Gasteiger partial charge in [0.05, 0.1) is 13.2 Å². The van der Waals surface area contributed by atoms with Gasteiger partial charge in [0.25, 0.3) is 5.91 Å². The Morgan fingerprint density at radius 3 is 2.62 bits per heavy atom. The summed E-state index contributed by atoms with van der Waals surface area (Å²) in [4.78, 5) is 26.5. The molecule has 2 amide bonds. The van der Waals surface area contributed by atoms with E-state index in [1.54, 1.807) is 29.2 Å². The van der Waals surface area contributed by atoms with Crippen LogP contribution in [-0.2, 0) is 16.0 Å². The molecule has 1 fully saturated rings. The van der Waals surface area contributed by atoms with E-state index in [0.29, 0.717) is 56.1 Å². The Kier molecular flexibility index (Phi) is 5.86. The first-order valence-corrected chi connectivity index (χ1v) is 8.73. The first kappa shape index (κ1) is 17.9. The molecule has 1 saturated heterocycles. The van der Waals surface area contributed by atoms with Crippen molar-refractivity contribution in [2.75, 3.05) is 37.4 Å². The number of ether oxygens (including phenoxy) is 1. The molecule has 3 rings (SSSR count). The zero-order valence-electron chi connectivity index (χ0n) is 14.6. The number of nitrogen functional groups attached to an aromatic ring is 1. The van der Waals surface area contributed by atoms with Gasteiger partial charge in [-0.15, -0.1) is 0 Å². The van der Waals surface area contributed by atoms with Gasteiger partial charge in [-0.1, -0.05) is 18.2 Å². The van der Waals surface area contributed by atoms with Crippen LogP contribution in [0.2, 0.25) is 0 Å². The summed E-state index contributed by atoms with van der Waals surface area (Å²) >= 11 is 0. The molecule has 136 valence electrons. The number of nitrogens with one attached hydrogen (secondary N) is 1. The van der Waals surface area contributed by atoms with Crippen molar-refractivity contribution < 1.29 is 14.3 Å². The van der Waals surface area contributed by atoms with Gasteiger partial charge in [-0.25, -0.2) is 0 Å². The molecule has 1 heterocycles. The van der Waals surface area contributed by atoms with Crippen LogP contribution < -0.4 is 11.1 Å². The number of nitrogens with zero attached hydrogens (tertiary/aromatic N) is 1. The third-order valence-electron chi connectivity index (χ3n) is 4.28. The SMILES string of the molecule is Nc1cccc(CCC(=O)Nc2cccc(C(=O)N3CCOCC3)c2)c1. The first-order valence-electron chi connectivity index (χ1n) is 8.73. The van der Waals surface area contributed by atoms with Gasteiger partial charge in [-0.05, 0) is 42.3 Å². The average molecular weight is 353 g/mol. The molecule has 0 aliphatic carbocycles. The summed E-state index contributed by atoms with van der Waals surface area (Å²) in [5.41, 5.74) is 8.66. The van der Waals surface area contributed by atoms with Crippen molar-refractivity contribution in [2.24, 2.45) is 0 Å². The van der Waals surface area contributed by atoms with E-state index in [0.717, 1.165) is 5.56 Å². The number of hydrogen-bond donors (Lipinski definition) is 2. The molecule has 2 aromatic rings. The highest BCUT2D eigenvalue weighted by molar-refractivity contribution is 5.97. The van der Waals surface area contributed by atoms with Crippen molar-refractivity contribution in [2.45, 2.75) is 12.8 Å². The number of nitrogens with two attached hydrogens (primary N) is 1. The van der Waals surface area contributed by atoms with Crippen LogP contribution in [0.15, 0.2) is 48.5 Å². The van der Waals surface area contributed by atoms with Gasteiger partial charge in [0.1, 0.15) is 0 Å². The maximum Gasteiger partial charge on any atom is 0.254 e. The normalized spacial score (nSPS) is 14.1. The number of anilines is 2. The quantitative estimate of drug-likeness (QED) is 0.808. The summed E-state index contributed by atoms with van der Waals surface area (Å²) in [6.07, 6.45) is 0.967. The molecular weight excluding hydrogens is 330 g/mol. The lowest BCUT2D eigenvalue weighted by atomic mass is 10.1. The van der Waals surface area contributed by atoms with E-state index in [1.165, 1.54) is 0 Å². The molecule has 1 aliphatic heterocycles. The molecular formula is C20H23N3O3. The van der Waals surface area contributed by atoms with Crippen LogP contribution in [0.4, 0.5) is 11.4 Å². The highest BCUT2D eigenvalue weighted by Gasteiger charge is 2.18. The molecule has 0 aromatic heterocycles. The second-order valence-electron chi connectivity index (χ2n) is 6.28. The van der Waals surface area contributed by atoms with Gasteiger partial charge in [0.15, 0.2) is 0 Å². The molecule has 1 aliphatic rings. The smallest absolute Gasteiger partial charge is 0.254 e. The Labute approximate surface area is 152 Å². The lowest BCUT2D eigenvalue weighted by Gasteiger charge is -2.27. The number of aryl methyl sites for hydroxylation is 1. The standard InChI is InChI=1S/C20H23N3O3/c21-17-5-1-3-15(13-17)7-8-19(24)22-18-6-2-4-16(14-18)20(25)23-9-11-26-12-10-23/h1-6,13-14H,7-12,21H2,(H,22,24). The zero-order valence-corrected chi connectivity index (χ0v) is 14.6. The van der Waals surface area contributed by atoms with Gasteiger partial charge in [0.2, 0.25) is 5.91 Å². The van der Waals surface area contributed by atoms with E-state index in [2.05, 4.69) is 5.32 Å². The van der Waals surface area contributed by atoms with Crippen molar-refractivity contribution in [3.63, 3.8) is 0 Å². The minimum Gasteiger partial charge on any atom is -0.399 e. The third kappa shape index (κ3) is 4.83. The Bertz CT molecular complexity index is 785.